The zero-order valence-corrected chi connectivity index (χ0v) is 36.0. The predicted octanol–water partition coefficient (Wildman–Crippen LogP) is 4.08. The molecule has 6 rings (SSSR count). The van der Waals surface area contributed by atoms with Gasteiger partial charge in [-0.05, 0) is 63.0 Å². The number of hydrogen-bond donors (Lipinski definition) is 8. The highest BCUT2D eigenvalue weighted by Crippen LogP contribution is 2.27. The van der Waals surface area contributed by atoms with Crippen LogP contribution in [0.3, 0.4) is 0 Å². The van der Waals surface area contributed by atoms with Crippen molar-refractivity contribution in [2.24, 2.45) is 0 Å². The lowest BCUT2D eigenvalue weighted by molar-refractivity contribution is 0.0912. The number of aromatic nitrogens is 4. The Bertz CT molecular complexity index is 2320. The standard InChI is InChI=1S/C17H19Cl2N5O4S.C16H17Cl2N5O2.CH4O3S/c1-29(27,28)24-7-5-10(6-8-24)21-17(26)15-13(9-20-23-15)22-16(25)14-11(18)3-2-4-12(14)19;17-10-2-1-3-11(18)13(10)15(24)22-12-8-20-23-14(12)16(25)21-9-4-6-19-7-5-9;1-5(2,3)4/h2-4,9-10H,5-8H2,1H3,(H,20,23)(H,21,26)(H,22,25);1-3,8-9,19H,4-7H2,(H,20,23)(H,21,25)(H,22,24);1H3,(H,2,3,4). The summed E-state index contributed by atoms with van der Waals surface area (Å²) in [5.74, 6) is -1.85. The van der Waals surface area contributed by atoms with Gasteiger partial charge < -0.3 is 26.6 Å². The van der Waals surface area contributed by atoms with Crippen LogP contribution >= 0.6 is 46.4 Å². The van der Waals surface area contributed by atoms with Gasteiger partial charge in [-0.3, -0.25) is 33.9 Å². The zero-order valence-electron chi connectivity index (χ0n) is 31.3. The van der Waals surface area contributed by atoms with Crippen molar-refractivity contribution in [1.82, 2.24) is 40.7 Å². The van der Waals surface area contributed by atoms with Crippen LogP contribution in [0.4, 0.5) is 11.4 Å². The molecule has 0 saturated carbocycles. The first kappa shape index (κ1) is 47.4. The second-order valence-corrected chi connectivity index (χ2v) is 18.1. The number of halogens is 4. The van der Waals surface area contributed by atoms with Gasteiger partial charge in [0.25, 0.3) is 33.7 Å². The fraction of sp³-hybridized carbons (Fsp3) is 0.353. The number of carbonyl (C=O) groups excluding carboxylic acids is 4. The van der Waals surface area contributed by atoms with Crippen molar-refractivity contribution < 1.29 is 40.6 Å². The van der Waals surface area contributed by atoms with E-state index in [2.05, 4.69) is 47.0 Å². The summed E-state index contributed by atoms with van der Waals surface area (Å²) in [6.07, 6.45) is 7.26. The summed E-state index contributed by atoms with van der Waals surface area (Å²) in [6.45, 7) is 2.40. The molecule has 0 radical (unpaired) electrons. The summed E-state index contributed by atoms with van der Waals surface area (Å²) >= 11 is 24.2. The van der Waals surface area contributed by atoms with Crippen molar-refractivity contribution in [1.29, 1.82) is 0 Å². The van der Waals surface area contributed by atoms with Crippen molar-refractivity contribution in [2.45, 2.75) is 37.8 Å². The smallest absolute Gasteiger partial charge is 0.271 e. The Hall–Kier alpha value is -4.32. The molecular formula is C34H40Cl4N10O9S2. The maximum Gasteiger partial charge on any atom is 0.271 e. The lowest BCUT2D eigenvalue weighted by Crippen LogP contribution is -2.46. The van der Waals surface area contributed by atoms with E-state index in [0.29, 0.717) is 32.2 Å². The minimum absolute atomic E-state index is 0.0760. The third kappa shape index (κ3) is 14.4. The quantitative estimate of drug-likeness (QED) is 0.110. The number of benzene rings is 2. The van der Waals surface area contributed by atoms with Crippen LogP contribution in [0.5, 0.6) is 0 Å². The molecule has 2 saturated heterocycles. The minimum atomic E-state index is -3.67. The molecule has 2 aliphatic heterocycles. The van der Waals surface area contributed by atoms with Crippen LogP contribution < -0.4 is 26.6 Å². The van der Waals surface area contributed by atoms with Gasteiger partial charge in [0.1, 0.15) is 11.4 Å². The highest BCUT2D eigenvalue weighted by Gasteiger charge is 2.28. The summed E-state index contributed by atoms with van der Waals surface area (Å²) in [5.41, 5.74) is 0.958. The number of aromatic amines is 2. The Morgan fingerprint density at radius 2 is 1.02 bits per heavy atom. The second-order valence-electron chi connectivity index (χ2n) is 13.1. The van der Waals surface area contributed by atoms with E-state index in [1.54, 1.807) is 24.3 Å². The monoisotopic (exact) mass is 936 g/mol. The number of hydrogen-bond acceptors (Lipinski definition) is 11. The number of anilines is 2. The number of H-pyrrole nitrogens is 2. The van der Waals surface area contributed by atoms with Crippen LogP contribution in [-0.4, -0.2) is 120 Å². The number of sulfonamides is 1. The minimum Gasteiger partial charge on any atom is -0.348 e. The Labute approximate surface area is 359 Å². The summed E-state index contributed by atoms with van der Waals surface area (Å²) in [6, 6.07) is 9.39. The number of amides is 4. The zero-order chi connectivity index (χ0) is 43.5. The molecule has 8 N–H and O–H groups in total. The number of piperidine rings is 2. The van der Waals surface area contributed by atoms with Gasteiger partial charge >= 0.3 is 0 Å². The lowest BCUT2D eigenvalue weighted by Gasteiger charge is -2.30. The first-order valence-corrected chi connectivity index (χ1v) is 22.7. The molecule has 0 aliphatic carbocycles. The molecule has 0 bridgehead atoms. The molecule has 59 heavy (non-hydrogen) atoms. The number of carbonyl (C=O) groups is 4. The van der Waals surface area contributed by atoms with Gasteiger partial charge in [0.2, 0.25) is 10.0 Å². The van der Waals surface area contributed by atoms with Gasteiger partial charge in [0.05, 0.1) is 67.5 Å². The van der Waals surface area contributed by atoms with E-state index in [-0.39, 0.29) is 72.0 Å². The molecule has 2 aromatic heterocycles. The summed E-state index contributed by atoms with van der Waals surface area (Å²) in [5, 5.41) is 27.9. The molecule has 19 nitrogen and oxygen atoms in total. The summed E-state index contributed by atoms with van der Waals surface area (Å²) < 4.78 is 50.4. The Kier molecular flexibility index (Phi) is 17.1. The molecule has 2 aliphatic rings. The van der Waals surface area contributed by atoms with Crippen molar-refractivity contribution >= 4 is 102 Å². The maximum absolute atomic E-state index is 12.6. The first-order chi connectivity index (χ1) is 27.7. The number of rotatable bonds is 9. The molecule has 2 fully saturated rings. The third-order valence-corrected chi connectivity index (χ3v) is 11.1. The van der Waals surface area contributed by atoms with E-state index in [4.69, 9.17) is 51.0 Å². The molecule has 2 aromatic carbocycles. The third-order valence-electron chi connectivity index (χ3n) is 8.54. The average Bonchev–Trinajstić information content (AvgIpc) is 3.81. The maximum atomic E-state index is 12.6. The fourth-order valence-electron chi connectivity index (χ4n) is 5.72. The molecule has 25 heteroatoms. The van der Waals surface area contributed by atoms with Crippen molar-refractivity contribution in [3.63, 3.8) is 0 Å². The van der Waals surface area contributed by atoms with Crippen LogP contribution in [0.25, 0.3) is 0 Å². The van der Waals surface area contributed by atoms with E-state index < -0.39 is 37.9 Å². The second kappa shape index (κ2) is 21.3. The van der Waals surface area contributed by atoms with Crippen molar-refractivity contribution in [3.05, 3.63) is 91.4 Å². The normalized spacial score (nSPS) is 15.1. The van der Waals surface area contributed by atoms with Crippen LogP contribution in [0, 0.1) is 0 Å². The molecule has 0 spiro atoms. The van der Waals surface area contributed by atoms with Gasteiger partial charge in [0, 0.05) is 25.2 Å². The van der Waals surface area contributed by atoms with Crippen LogP contribution in [0.15, 0.2) is 48.8 Å². The van der Waals surface area contributed by atoms with E-state index >= 15 is 0 Å². The Morgan fingerprint density at radius 3 is 1.37 bits per heavy atom. The van der Waals surface area contributed by atoms with Gasteiger partial charge in [-0.25, -0.2) is 12.7 Å². The molecular weight excluding hydrogens is 898 g/mol. The molecule has 0 unspecified atom stereocenters. The van der Waals surface area contributed by atoms with E-state index in [9.17, 15) is 36.0 Å². The first-order valence-electron chi connectivity index (χ1n) is 17.5. The van der Waals surface area contributed by atoms with Gasteiger partial charge in [-0.1, -0.05) is 58.5 Å². The molecule has 4 amide bonds. The highest BCUT2D eigenvalue weighted by molar-refractivity contribution is 7.88. The number of nitrogens with zero attached hydrogens (tertiary/aromatic N) is 3. The Morgan fingerprint density at radius 1 is 0.661 bits per heavy atom. The lowest BCUT2D eigenvalue weighted by atomic mass is 10.1. The summed E-state index contributed by atoms with van der Waals surface area (Å²) in [4.78, 5) is 50.0. The highest BCUT2D eigenvalue weighted by atomic mass is 35.5. The Balaban J connectivity index is 0.000000236. The van der Waals surface area contributed by atoms with Crippen molar-refractivity contribution in [3.8, 4) is 0 Å². The molecule has 4 aromatic rings. The molecule has 0 atom stereocenters. The predicted molar refractivity (Wildman–Crippen MR) is 224 cm³/mol. The van der Waals surface area contributed by atoms with E-state index in [0.717, 1.165) is 32.2 Å². The van der Waals surface area contributed by atoms with Gasteiger partial charge in [0.15, 0.2) is 0 Å². The largest absolute Gasteiger partial charge is 0.348 e. The SMILES string of the molecule is CS(=O)(=O)N1CCC(NC(=O)c2[nH]ncc2NC(=O)c2c(Cl)cccc2Cl)CC1.CS(=O)(=O)O.O=C(NC1CCNCC1)c1[nH]ncc1NC(=O)c1c(Cl)cccc1Cl. The summed E-state index contributed by atoms with van der Waals surface area (Å²) in [7, 11) is -6.91. The van der Waals surface area contributed by atoms with Gasteiger partial charge in [-0.2, -0.15) is 18.6 Å². The number of nitrogens with one attached hydrogen (secondary N) is 7. The van der Waals surface area contributed by atoms with Crippen molar-refractivity contribution in [2.75, 3.05) is 49.3 Å². The van der Waals surface area contributed by atoms with Crippen LogP contribution in [0.1, 0.15) is 67.4 Å². The van der Waals surface area contributed by atoms with Gasteiger partial charge in [-0.15, -0.1) is 0 Å². The fourth-order valence-corrected chi connectivity index (χ4v) is 7.73. The molecule has 320 valence electrons. The molecule has 4 heterocycles. The van der Waals surface area contributed by atoms with E-state index in [1.165, 1.54) is 28.8 Å². The van der Waals surface area contributed by atoms with E-state index in [1.807, 2.05) is 0 Å². The van der Waals surface area contributed by atoms with Crippen LogP contribution in [-0.2, 0) is 20.1 Å². The van der Waals surface area contributed by atoms with Crippen LogP contribution in [0.2, 0.25) is 20.1 Å². The average molecular weight is 939 g/mol. The topological polar surface area (TPSA) is 278 Å².